The molecule has 22 heavy (non-hydrogen) atoms. The molecule has 0 saturated carbocycles. The number of carbonyl (C=O) groups excluding carboxylic acids is 1. The quantitative estimate of drug-likeness (QED) is 0.833. The summed E-state index contributed by atoms with van der Waals surface area (Å²) in [7, 11) is 0. The molecule has 0 N–H and O–H groups in total. The molecule has 0 spiro atoms. The fraction of sp³-hybridized carbons (Fsp3) is 0.688. The number of amides is 1. The molecule has 1 aromatic heterocycles. The van der Waals surface area contributed by atoms with E-state index in [0.29, 0.717) is 17.6 Å². The van der Waals surface area contributed by atoms with Crippen LogP contribution in [0.3, 0.4) is 0 Å². The molecule has 1 amide bonds. The van der Waals surface area contributed by atoms with Gasteiger partial charge in [-0.3, -0.25) is 0 Å². The third-order valence-electron chi connectivity index (χ3n) is 3.64. The molecule has 1 aliphatic heterocycles. The molecular formula is C16H24ClN3O2. The van der Waals surface area contributed by atoms with E-state index in [4.69, 9.17) is 16.3 Å². The van der Waals surface area contributed by atoms with Crippen molar-refractivity contribution in [3.63, 3.8) is 0 Å². The normalized spacial score (nSPS) is 19.1. The van der Waals surface area contributed by atoms with Crippen LogP contribution < -0.4 is 0 Å². The highest BCUT2D eigenvalue weighted by Crippen LogP contribution is 2.23. The number of hydrogen-bond acceptors (Lipinski definition) is 4. The van der Waals surface area contributed by atoms with Gasteiger partial charge in [-0.2, -0.15) is 5.10 Å². The number of aryl methyl sites for hydroxylation is 1. The Balaban J connectivity index is 1.95. The molecule has 1 fully saturated rings. The van der Waals surface area contributed by atoms with Gasteiger partial charge in [0.2, 0.25) is 0 Å². The van der Waals surface area contributed by atoms with Crippen molar-refractivity contribution in [3.8, 4) is 0 Å². The van der Waals surface area contributed by atoms with Crippen molar-refractivity contribution >= 4 is 17.7 Å². The van der Waals surface area contributed by atoms with Gasteiger partial charge >= 0.3 is 6.09 Å². The molecule has 122 valence electrons. The molecule has 0 aliphatic carbocycles. The Bertz CT molecular complexity index is 543. The lowest BCUT2D eigenvalue weighted by Crippen LogP contribution is -2.43. The minimum Gasteiger partial charge on any atom is -0.444 e. The maximum atomic E-state index is 12.2. The first kappa shape index (κ1) is 17.0. The van der Waals surface area contributed by atoms with E-state index < -0.39 is 5.60 Å². The average Bonchev–Trinajstić information content (AvgIpc) is 2.41. The van der Waals surface area contributed by atoms with Crippen molar-refractivity contribution < 1.29 is 9.53 Å². The summed E-state index contributed by atoms with van der Waals surface area (Å²) in [5.41, 5.74) is 1.41. The predicted molar refractivity (Wildman–Crippen MR) is 86.0 cm³/mol. The fourth-order valence-corrected chi connectivity index (χ4v) is 2.74. The number of hydrogen-bond donors (Lipinski definition) is 0. The van der Waals surface area contributed by atoms with E-state index in [1.54, 1.807) is 4.90 Å². The van der Waals surface area contributed by atoms with Crippen molar-refractivity contribution in [3.05, 3.63) is 22.5 Å². The molecule has 6 heteroatoms. The Labute approximate surface area is 137 Å². The van der Waals surface area contributed by atoms with Crippen LogP contribution in [-0.4, -0.2) is 39.9 Å². The first-order chi connectivity index (χ1) is 10.2. The molecule has 2 rings (SSSR count). The molecule has 5 nitrogen and oxygen atoms in total. The average molecular weight is 326 g/mol. The van der Waals surface area contributed by atoms with Gasteiger partial charge in [-0.1, -0.05) is 11.6 Å². The minimum absolute atomic E-state index is 0.226. The number of nitrogens with zero attached hydrogens (tertiary/aromatic N) is 3. The number of likely N-dealkylation sites (tertiary alicyclic amines) is 1. The summed E-state index contributed by atoms with van der Waals surface area (Å²) in [6, 6.07) is 1.97. The molecule has 1 aliphatic rings. The Kier molecular flexibility index (Phi) is 5.27. The van der Waals surface area contributed by atoms with Gasteiger partial charge in [0, 0.05) is 13.1 Å². The summed E-state index contributed by atoms with van der Waals surface area (Å²) >= 11 is 5.91. The van der Waals surface area contributed by atoms with Crippen molar-refractivity contribution in [2.24, 2.45) is 5.92 Å². The maximum absolute atomic E-state index is 12.2. The minimum atomic E-state index is -0.456. The highest BCUT2D eigenvalue weighted by molar-refractivity contribution is 6.30. The van der Waals surface area contributed by atoms with Gasteiger partial charge in [0.05, 0.1) is 5.69 Å². The molecule has 1 atom stereocenters. The van der Waals surface area contributed by atoms with E-state index in [9.17, 15) is 4.79 Å². The fourth-order valence-electron chi connectivity index (χ4n) is 2.64. The van der Waals surface area contributed by atoms with Gasteiger partial charge in [-0.15, -0.1) is 5.10 Å². The Morgan fingerprint density at radius 1 is 1.45 bits per heavy atom. The van der Waals surface area contributed by atoms with Crippen LogP contribution in [0.2, 0.25) is 5.15 Å². The number of rotatable bonds is 2. The predicted octanol–water partition coefficient (Wildman–Crippen LogP) is 3.63. The van der Waals surface area contributed by atoms with E-state index in [-0.39, 0.29) is 6.09 Å². The highest BCUT2D eigenvalue weighted by Gasteiger charge is 2.28. The van der Waals surface area contributed by atoms with Gasteiger partial charge in [0.15, 0.2) is 5.15 Å². The maximum Gasteiger partial charge on any atom is 0.410 e. The van der Waals surface area contributed by atoms with Crippen molar-refractivity contribution in [1.29, 1.82) is 0 Å². The molecule has 2 heterocycles. The second kappa shape index (κ2) is 6.82. The summed E-state index contributed by atoms with van der Waals surface area (Å²) in [4.78, 5) is 14.0. The number of piperidine rings is 1. The van der Waals surface area contributed by atoms with Crippen molar-refractivity contribution in [2.75, 3.05) is 13.1 Å². The molecule has 1 saturated heterocycles. The van der Waals surface area contributed by atoms with Crippen LogP contribution in [0.15, 0.2) is 6.07 Å². The molecule has 0 radical (unpaired) electrons. The zero-order valence-electron chi connectivity index (χ0n) is 13.7. The summed E-state index contributed by atoms with van der Waals surface area (Å²) in [6.45, 7) is 9.05. The molecular weight excluding hydrogens is 302 g/mol. The second-order valence-electron chi connectivity index (χ2n) is 6.95. The third kappa shape index (κ3) is 4.83. The first-order valence-corrected chi connectivity index (χ1v) is 8.09. The Morgan fingerprint density at radius 2 is 2.18 bits per heavy atom. The van der Waals surface area contributed by atoms with Crippen LogP contribution in [0.5, 0.6) is 0 Å². The van der Waals surface area contributed by atoms with Crippen LogP contribution in [0.25, 0.3) is 0 Å². The van der Waals surface area contributed by atoms with E-state index >= 15 is 0 Å². The largest absolute Gasteiger partial charge is 0.444 e. The molecule has 0 bridgehead atoms. The summed E-state index contributed by atoms with van der Waals surface area (Å²) < 4.78 is 5.45. The zero-order valence-corrected chi connectivity index (χ0v) is 14.5. The molecule has 0 aromatic carbocycles. The van der Waals surface area contributed by atoms with Crippen LogP contribution in [0, 0.1) is 12.8 Å². The number of aromatic nitrogens is 2. The van der Waals surface area contributed by atoms with Gasteiger partial charge in [0.1, 0.15) is 5.60 Å². The first-order valence-electron chi connectivity index (χ1n) is 7.71. The summed E-state index contributed by atoms with van der Waals surface area (Å²) in [6.07, 6.45) is 2.66. The monoisotopic (exact) mass is 325 g/mol. The Hall–Kier alpha value is -1.36. The summed E-state index contributed by atoms with van der Waals surface area (Å²) in [5, 5.41) is 8.55. The van der Waals surface area contributed by atoms with E-state index in [0.717, 1.165) is 37.1 Å². The van der Waals surface area contributed by atoms with Crippen LogP contribution >= 0.6 is 11.6 Å². The van der Waals surface area contributed by atoms with Gasteiger partial charge in [-0.05, 0) is 64.5 Å². The lowest BCUT2D eigenvalue weighted by atomic mass is 9.93. The molecule has 0 unspecified atom stereocenters. The lowest BCUT2D eigenvalue weighted by Gasteiger charge is -2.34. The molecule has 1 aromatic rings. The highest BCUT2D eigenvalue weighted by atomic mass is 35.5. The van der Waals surface area contributed by atoms with E-state index in [1.165, 1.54) is 0 Å². The van der Waals surface area contributed by atoms with Crippen molar-refractivity contribution in [2.45, 2.75) is 52.6 Å². The van der Waals surface area contributed by atoms with Crippen molar-refractivity contribution in [1.82, 2.24) is 15.1 Å². The smallest absolute Gasteiger partial charge is 0.410 e. The second-order valence-corrected chi connectivity index (χ2v) is 7.31. The van der Waals surface area contributed by atoms with Crippen LogP contribution in [0.1, 0.15) is 44.9 Å². The standard InChI is InChI=1S/C16H24ClN3O2/c1-11-8-13(18-19-14(11)17)9-12-6-5-7-20(10-12)15(21)22-16(2,3)4/h8,12H,5-7,9-10H2,1-4H3/t12-/m0/s1. The van der Waals surface area contributed by atoms with Gasteiger partial charge in [0.25, 0.3) is 0 Å². The van der Waals surface area contributed by atoms with Gasteiger partial charge in [-0.25, -0.2) is 4.79 Å². The topological polar surface area (TPSA) is 55.3 Å². The number of halogens is 1. The summed E-state index contributed by atoms with van der Waals surface area (Å²) in [5.74, 6) is 0.385. The third-order valence-corrected chi connectivity index (χ3v) is 4.02. The number of ether oxygens (including phenoxy) is 1. The van der Waals surface area contributed by atoms with E-state index in [1.807, 2.05) is 33.8 Å². The lowest BCUT2D eigenvalue weighted by molar-refractivity contribution is 0.0165. The van der Waals surface area contributed by atoms with Crippen LogP contribution in [0.4, 0.5) is 4.79 Å². The Morgan fingerprint density at radius 3 is 2.82 bits per heavy atom. The zero-order chi connectivity index (χ0) is 16.3. The van der Waals surface area contributed by atoms with E-state index in [2.05, 4.69) is 10.2 Å². The SMILES string of the molecule is Cc1cc(C[C@@H]2CCCN(C(=O)OC(C)(C)C)C2)nnc1Cl. The van der Waals surface area contributed by atoms with Gasteiger partial charge < -0.3 is 9.64 Å². The number of carbonyl (C=O) groups is 1. The van der Waals surface area contributed by atoms with Crippen LogP contribution in [-0.2, 0) is 11.2 Å².